The molecule has 2 rings (SSSR count). The lowest BCUT2D eigenvalue weighted by Gasteiger charge is -2.12. The van der Waals surface area contributed by atoms with E-state index in [1.54, 1.807) is 19.1 Å². The molecule has 1 aromatic carbocycles. The van der Waals surface area contributed by atoms with E-state index < -0.39 is 16.7 Å². The number of aryl methyl sites for hydroxylation is 1. The monoisotopic (exact) mass is 426 g/mol. The van der Waals surface area contributed by atoms with Gasteiger partial charge in [-0.15, -0.1) is 0 Å². The molecule has 0 saturated carbocycles. The Hall–Kier alpha value is -2.32. The predicted octanol–water partition coefficient (Wildman–Crippen LogP) is 3.02. The number of carbonyl (C=O) groups excluding carboxylic acids is 1. The van der Waals surface area contributed by atoms with Gasteiger partial charge in [-0.3, -0.25) is 13.8 Å². The van der Waals surface area contributed by atoms with Crippen LogP contribution in [-0.2, 0) is 21.3 Å². The van der Waals surface area contributed by atoms with Gasteiger partial charge in [0.2, 0.25) is 11.3 Å². The fraction of sp³-hybridized carbons (Fsp3) is 0.368. The molecular weight excluding hydrogens is 404 g/mol. The fourth-order valence-electron chi connectivity index (χ4n) is 2.40. The molecule has 0 bridgehead atoms. The van der Waals surface area contributed by atoms with Crippen LogP contribution in [0.5, 0.6) is 11.5 Å². The van der Waals surface area contributed by atoms with Crippen LogP contribution in [0.4, 0.5) is 5.69 Å². The van der Waals surface area contributed by atoms with E-state index >= 15 is 0 Å². The number of halogens is 1. The molecule has 1 heterocycles. The number of rotatable bonds is 9. The maximum absolute atomic E-state index is 12.3. The zero-order chi connectivity index (χ0) is 20.7. The predicted molar refractivity (Wildman–Crippen MR) is 111 cm³/mol. The summed E-state index contributed by atoms with van der Waals surface area (Å²) in [6.45, 7) is 4.19. The van der Waals surface area contributed by atoms with Crippen molar-refractivity contribution in [3.05, 3.63) is 50.9 Å². The summed E-state index contributed by atoms with van der Waals surface area (Å²) in [6.07, 6.45) is 2.24. The Morgan fingerprint density at radius 3 is 2.68 bits per heavy atom. The van der Waals surface area contributed by atoms with Crippen molar-refractivity contribution >= 4 is 34.0 Å². The van der Waals surface area contributed by atoms with E-state index in [2.05, 4.69) is 10.3 Å². The third-order valence-corrected chi connectivity index (χ3v) is 5.39. The molecule has 2 N–H and O–H groups in total. The SMILES string of the molecule is CCCOc1c[nH]c(CS(=O)CC(=O)Nc2cc(C)c(Cl)cc2OC)cc1=O. The summed E-state index contributed by atoms with van der Waals surface area (Å²) in [7, 11) is -0.0319. The van der Waals surface area contributed by atoms with Gasteiger partial charge in [-0.25, -0.2) is 0 Å². The summed E-state index contributed by atoms with van der Waals surface area (Å²) in [4.78, 5) is 27.1. The summed E-state index contributed by atoms with van der Waals surface area (Å²) in [5.74, 6) is 0.0405. The van der Waals surface area contributed by atoms with Crippen LogP contribution in [0.25, 0.3) is 0 Å². The first-order valence-electron chi connectivity index (χ1n) is 8.67. The Morgan fingerprint density at radius 2 is 2.04 bits per heavy atom. The Balaban J connectivity index is 1.98. The molecule has 0 aliphatic rings. The molecule has 0 fully saturated rings. The van der Waals surface area contributed by atoms with Gasteiger partial charge in [0.25, 0.3) is 0 Å². The van der Waals surface area contributed by atoms with Crippen molar-refractivity contribution in [1.29, 1.82) is 0 Å². The summed E-state index contributed by atoms with van der Waals surface area (Å²) >= 11 is 6.05. The quantitative estimate of drug-likeness (QED) is 0.642. The van der Waals surface area contributed by atoms with E-state index in [1.807, 2.05) is 6.92 Å². The molecule has 0 saturated heterocycles. The molecule has 1 amide bonds. The van der Waals surface area contributed by atoms with Gasteiger partial charge in [-0.1, -0.05) is 18.5 Å². The number of carbonyl (C=O) groups is 1. The van der Waals surface area contributed by atoms with Gasteiger partial charge >= 0.3 is 0 Å². The number of aromatic nitrogens is 1. The maximum Gasteiger partial charge on any atom is 0.237 e. The second kappa shape index (κ2) is 10.3. The number of anilines is 1. The lowest BCUT2D eigenvalue weighted by atomic mass is 10.2. The number of H-pyrrole nitrogens is 1. The number of ether oxygens (including phenoxy) is 2. The Morgan fingerprint density at radius 1 is 1.29 bits per heavy atom. The number of methoxy groups -OCH3 is 1. The van der Waals surface area contributed by atoms with Gasteiger partial charge in [-0.2, -0.15) is 0 Å². The molecule has 1 aromatic heterocycles. The topological polar surface area (TPSA) is 97.5 Å². The Kier molecular flexibility index (Phi) is 8.07. The smallest absolute Gasteiger partial charge is 0.237 e. The number of aromatic amines is 1. The van der Waals surface area contributed by atoms with Crippen LogP contribution in [0.3, 0.4) is 0 Å². The molecule has 28 heavy (non-hydrogen) atoms. The molecule has 1 atom stereocenters. The van der Waals surface area contributed by atoms with Crippen molar-refractivity contribution in [3.63, 3.8) is 0 Å². The van der Waals surface area contributed by atoms with Crippen LogP contribution < -0.4 is 20.2 Å². The Labute approximate surface area is 170 Å². The first-order chi connectivity index (χ1) is 13.3. The number of pyridine rings is 1. The van der Waals surface area contributed by atoms with Crippen molar-refractivity contribution in [2.45, 2.75) is 26.0 Å². The minimum absolute atomic E-state index is 0.0491. The highest BCUT2D eigenvalue weighted by Crippen LogP contribution is 2.30. The standard InChI is InChI=1S/C19H23ClN2O5S/c1-4-5-27-18-9-21-13(7-16(18)23)10-28(25)11-19(24)22-15-6-12(2)14(20)8-17(15)26-3/h6-9H,4-5,10-11H2,1-3H3,(H,21,23)(H,22,24). The van der Waals surface area contributed by atoms with E-state index in [4.69, 9.17) is 21.1 Å². The third-order valence-electron chi connectivity index (χ3n) is 3.76. The van der Waals surface area contributed by atoms with E-state index in [9.17, 15) is 13.8 Å². The number of hydrogen-bond donors (Lipinski definition) is 2. The lowest BCUT2D eigenvalue weighted by molar-refractivity contribution is -0.113. The normalized spacial score (nSPS) is 11.7. The number of nitrogens with one attached hydrogen (secondary N) is 2. The van der Waals surface area contributed by atoms with E-state index in [-0.39, 0.29) is 22.7 Å². The van der Waals surface area contributed by atoms with Crippen molar-refractivity contribution in [2.24, 2.45) is 0 Å². The number of hydrogen-bond acceptors (Lipinski definition) is 5. The molecule has 1 unspecified atom stereocenters. The highest BCUT2D eigenvalue weighted by molar-refractivity contribution is 7.84. The summed E-state index contributed by atoms with van der Waals surface area (Å²) in [6, 6.07) is 4.64. The largest absolute Gasteiger partial charge is 0.495 e. The summed E-state index contributed by atoms with van der Waals surface area (Å²) in [5.41, 5.74) is 1.42. The average Bonchev–Trinajstić information content (AvgIpc) is 2.63. The molecular formula is C19H23ClN2O5S. The van der Waals surface area contributed by atoms with Gasteiger partial charge in [0.05, 0.1) is 25.2 Å². The molecule has 2 aromatic rings. The van der Waals surface area contributed by atoms with Gasteiger partial charge < -0.3 is 19.8 Å². The van der Waals surface area contributed by atoms with Crippen LogP contribution in [0.2, 0.25) is 5.02 Å². The summed E-state index contributed by atoms with van der Waals surface area (Å²) < 4.78 is 22.8. The minimum Gasteiger partial charge on any atom is -0.495 e. The maximum atomic E-state index is 12.3. The van der Waals surface area contributed by atoms with Crippen LogP contribution in [0.1, 0.15) is 24.6 Å². The zero-order valence-corrected chi connectivity index (χ0v) is 17.5. The van der Waals surface area contributed by atoms with E-state index in [0.29, 0.717) is 28.8 Å². The molecule has 9 heteroatoms. The molecule has 0 spiro atoms. The fourth-order valence-corrected chi connectivity index (χ4v) is 3.53. The molecule has 0 aliphatic carbocycles. The molecule has 0 aliphatic heterocycles. The van der Waals surface area contributed by atoms with Crippen LogP contribution >= 0.6 is 11.6 Å². The second-order valence-electron chi connectivity index (χ2n) is 6.11. The number of benzene rings is 1. The van der Waals surface area contributed by atoms with Crippen LogP contribution in [0.15, 0.2) is 29.2 Å². The third kappa shape index (κ3) is 6.10. The Bertz CT molecular complexity index is 929. The average molecular weight is 427 g/mol. The lowest BCUT2D eigenvalue weighted by Crippen LogP contribution is -2.21. The zero-order valence-electron chi connectivity index (χ0n) is 16.0. The van der Waals surface area contributed by atoms with E-state index in [1.165, 1.54) is 19.4 Å². The first kappa shape index (κ1) is 22.0. The number of amides is 1. The van der Waals surface area contributed by atoms with Crippen LogP contribution in [-0.4, -0.2) is 34.6 Å². The highest BCUT2D eigenvalue weighted by Gasteiger charge is 2.14. The van der Waals surface area contributed by atoms with Crippen molar-refractivity contribution in [2.75, 3.05) is 24.8 Å². The second-order valence-corrected chi connectivity index (χ2v) is 7.98. The van der Waals surface area contributed by atoms with Crippen molar-refractivity contribution < 1.29 is 18.5 Å². The van der Waals surface area contributed by atoms with Crippen molar-refractivity contribution in [3.8, 4) is 11.5 Å². The molecule has 7 nitrogen and oxygen atoms in total. The van der Waals surface area contributed by atoms with Gasteiger partial charge in [0.1, 0.15) is 11.5 Å². The summed E-state index contributed by atoms with van der Waals surface area (Å²) in [5, 5.41) is 3.20. The van der Waals surface area contributed by atoms with E-state index in [0.717, 1.165) is 12.0 Å². The van der Waals surface area contributed by atoms with Gasteiger partial charge in [0.15, 0.2) is 5.75 Å². The minimum atomic E-state index is -1.50. The molecule has 152 valence electrons. The van der Waals surface area contributed by atoms with Gasteiger partial charge in [-0.05, 0) is 25.0 Å². The highest BCUT2D eigenvalue weighted by atomic mass is 35.5. The van der Waals surface area contributed by atoms with Gasteiger partial charge in [0, 0.05) is 39.8 Å². The van der Waals surface area contributed by atoms with Crippen molar-refractivity contribution in [1.82, 2.24) is 4.98 Å². The first-order valence-corrected chi connectivity index (χ1v) is 10.5. The van der Waals surface area contributed by atoms with Crippen LogP contribution in [0, 0.1) is 6.92 Å². The molecule has 0 radical (unpaired) electrons.